The topological polar surface area (TPSA) is 6.48 Å². The van der Waals surface area contributed by atoms with Crippen molar-refractivity contribution in [2.45, 2.75) is 13.8 Å². The second-order valence-corrected chi connectivity index (χ2v) is 3.21. The van der Waals surface area contributed by atoms with Gasteiger partial charge in [0.25, 0.3) is 0 Å². The van der Waals surface area contributed by atoms with Crippen LogP contribution >= 0.6 is 0 Å². The van der Waals surface area contributed by atoms with Gasteiger partial charge in [-0.3, -0.25) is 0 Å². The molecule has 0 aliphatic carbocycles. The average Bonchev–Trinajstić information content (AvgIpc) is 2.30. The van der Waals surface area contributed by atoms with Crippen molar-refractivity contribution in [2.24, 2.45) is 0 Å². The van der Waals surface area contributed by atoms with Crippen molar-refractivity contribution in [1.82, 2.24) is 9.80 Å². The molecule has 3 heteroatoms. The van der Waals surface area contributed by atoms with E-state index in [1.165, 1.54) is 17.8 Å². The Bertz CT molecular complexity index is 122. The predicted octanol–water partition coefficient (Wildman–Crippen LogP) is -0.100. The van der Waals surface area contributed by atoms with Crippen molar-refractivity contribution in [1.29, 1.82) is 0 Å². The Labute approximate surface area is 70.5 Å². The van der Waals surface area contributed by atoms with E-state index in [1.54, 1.807) is 0 Å². The van der Waals surface area contributed by atoms with Crippen LogP contribution in [0.3, 0.4) is 0 Å². The summed E-state index contributed by atoms with van der Waals surface area (Å²) in [4.78, 5) is 4.73. The molecule has 10 heavy (non-hydrogen) atoms. The number of rotatable bonds is 2. The van der Waals surface area contributed by atoms with Gasteiger partial charge < -0.3 is 0 Å². The zero-order chi connectivity index (χ0) is 7.56. The van der Waals surface area contributed by atoms with Gasteiger partial charge in [-0.2, -0.15) is 0 Å². The van der Waals surface area contributed by atoms with Crippen LogP contribution in [0, 0.1) is 0 Å². The Kier molecular flexibility index (Phi) is 2.75. The quantitative estimate of drug-likeness (QED) is 0.581. The molecule has 1 aliphatic rings. The third-order valence-corrected chi connectivity index (χ3v) is 3.03. The van der Waals surface area contributed by atoms with Gasteiger partial charge in [0, 0.05) is 0 Å². The predicted molar refractivity (Wildman–Crippen MR) is 45.3 cm³/mol. The van der Waals surface area contributed by atoms with Gasteiger partial charge in [-0.15, -0.1) is 0 Å². The summed E-state index contributed by atoms with van der Waals surface area (Å²) < 4.78 is 1.32. The van der Waals surface area contributed by atoms with Gasteiger partial charge in [0.15, 0.2) is 0 Å². The summed E-state index contributed by atoms with van der Waals surface area (Å²) in [6, 6.07) is 0. The first-order chi connectivity index (χ1) is 4.79. The fraction of sp³-hybridized carbons (Fsp3) is 0.857. The molecule has 1 rings (SSSR count). The van der Waals surface area contributed by atoms with Crippen molar-refractivity contribution in [3.8, 4) is 0 Å². The molecular weight excluding hydrogens is 191 g/mol. The molecule has 1 fully saturated rings. The van der Waals surface area contributed by atoms with Crippen LogP contribution in [0.5, 0.6) is 0 Å². The first-order valence-electron chi connectivity index (χ1n) is 3.83. The maximum atomic E-state index is 3.11. The summed E-state index contributed by atoms with van der Waals surface area (Å²) in [5.74, 6) is 0. The van der Waals surface area contributed by atoms with Crippen molar-refractivity contribution < 1.29 is 0 Å². The van der Waals surface area contributed by atoms with E-state index in [0.29, 0.717) is 0 Å². The van der Waals surface area contributed by atoms with Crippen LogP contribution < -0.4 is 0 Å². The van der Waals surface area contributed by atoms with Crippen molar-refractivity contribution in [3.05, 3.63) is 0 Å². The zero-order valence-electron chi connectivity index (χ0n) is 6.63. The molecule has 2 nitrogen and oxygen atoms in total. The van der Waals surface area contributed by atoms with Gasteiger partial charge in [0.05, 0.1) is 0 Å². The van der Waals surface area contributed by atoms with Crippen LogP contribution in [0.2, 0.25) is 0 Å². The van der Waals surface area contributed by atoms with E-state index in [9.17, 15) is 0 Å². The molecular formula is C7H14N2Se. The molecule has 0 aromatic rings. The molecule has 58 valence electrons. The number of nitrogens with zero attached hydrogens (tertiary/aromatic N) is 2. The van der Waals surface area contributed by atoms with Crippen LogP contribution in [-0.2, 0) is 0 Å². The van der Waals surface area contributed by atoms with E-state index in [0.717, 1.165) is 13.1 Å². The SMILES string of the molecule is CCN1CCN(CC)C1=[Se]. The van der Waals surface area contributed by atoms with Crippen LogP contribution in [0.4, 0.5) is 0 Å². The van der Waals surface area contributed by atoms with E-state index in [-0.39, 0.29) is 0 Å². The molecule has 1 heterocycles. The fourth-order valence-electron chi connectivity index (χ4n) is 1.22. The van der Waals surface area contributed by atoms with Gasteiger partial charge in [0.1, 0.15) is 0 Å². The second-order valence-electron chi connectivity index (χ2n) is 2.44. The molecule has 0 saturated carbocycles. The molecule has 0 N–H and O–H groups in total. The zero-order valence-corrected chi connectivity index (χ0v) is 8.34. The van der Waals surface area contributed by atoms with Gasteiger partial charge >= 0.3 is 70.1 Å². The van der Waals surface area contributed by atoms with Crippen LogP contribution in [0.15, 0.2) is 0 Å². The van der Waals surface area contributed by atoms with Crippen molar-refractivity contribution in [2.75, 3.05) is 26.2 Å². The fourth-order valence-corrected chi connectivity index (χ4v) is 2.14. The van der Waals surface area contributed by atoms with Crippen molar-refractivity contribution in [3.63, 3.8) is 0 Å². The van der Waals surface area contributed by atoms with E-state index in [2.05, 4.69) is 39.2 Å². The molecule has 0 atom stereocenters. The maximum absolute atomic E-state index is 3.11. The normalized spacial score (nSPS) is 18.8. The monoisotopic (exact) mass is 206 g/mol. The number of hydrogen-bond acceptors (Lipinski definition) is 2. The first kappa shape index (κ1) is 8.09. The molecule has 0 spiro atoms. The minimum atomic E-state index is 1.12. The van der Waals surface area contributed by atoms with Crippen LogP contribution in [-0.4, -0.2) is 56.2 Å². The van der Waals surface area contributed by atoms with E-state index in [1.807, 2.05) is 0 Å². The summed E-state index contributed by atoms with van der Waals surface area (Å²) in [7, 11) is 0. The third-order valence-electron chi connectivity index (χ3n) is 1.94. The molecule has 0 radical (unpaired) electrons. The summed E-state index contributed by atoms with van der Waals surface area (Å²) in [5.41, 5.74) is 0. The Morgan fingerprint density at radius 1 is 1.20 bits per heavy atom. The van der Waals surface area contributed by atoms with Gasteiger partial charge in [-0.25, -0.2) is 0 Å². The number of likely N-dealkylation sites (N-methyl/N-ethyl adjacent to an activating group) is 2. The molecule has 0 aromatic heterocycles. The van der Waals surface area contributed by atoms with Crippen molar-refractivity contribution >= 4 is 20.2 Å². The number of hydrogen-bond donors (Lipinski definition) is 0. The first-order valence-corrected chi connectivity index (χ1v) is 4.69. The van der Waals surface area contributed by atoms with E-state index in [4.69, 9.17) is 0 Å². The van der Waals surface area contributed by atoms with Gasteiger partial charge in [-0.05, 0) is 0 Å². The van der Waals surface area contributed by atoms with Crippen LogP contribution in [0.25, 0.3) is 0 Å². The molecule has 1 saturated heterocycles. The second kappa shape index (κ2) is 3.40. The Balaban J connectivity index is 2.49. The van der Waals surface area contributed by atoms with Gasteiger partial charge in [0.2, 0.25) is 0 Å². The summed E-state index contributed by atoms with van der Waals surface area (Å²) >= 11 is 3.11. The van der Waals surface area contributed by atoms with E-state index >= 15 is 0 Å². The average molecular weight is 205 g/mol. The summed E-state index contributed by atoms with van der Waals surface area (Å²) in [6.07, 6.45) is 0. The Hall–Kier alpha value is -0.0105. The molecule has 0 unspecified atom stereocenters. The third kappa shape index (κ3) is 1.35. The van der Waals surface area contributed by atoms with E-state index < -0.39 is 0 Å². The molecule has 1 aliphatic heterocycles. The Morgan fingerprint density at radius 3 is 1.80 bits per heavy atom. The molecule has 0 bridgehead atoms. The Morgan fingerprint density at radius 2 is 1.60 bits per heavy atom. The summed E-state index contributed by atoms with van der Waals surface area (Å²) in [5, 5.41) is 0. The standard InChI is InChI=1S/C7H14N2Se/c1-3-8-5-6-9(4-2)7(8)10/h3-6H2,1-2H3. The molecule has 0 amide bonds. The van der Waals surface area contributed by atoms with Gasteiger partial charge in [-0.1, -0.05) is 0 Å². The molecule has 0 aromatic carbocycles. The van der Waals surface area contributed by atoms with Crippen LogP contribution in [0.1, 0.15) is 13.8 Å². The summed E-state index contributed by atoms with van der Waals surface area (Å²) in [6.45, 7) is 9.00. The minimum absolute atomic E-state index is 1.12.